The minimum Gasteiger partial charge on any atom is -0.493 e. The van der Waals surface area contributed by atoms with Crippen molar-refractivity contribution in [2.24, 2.45) is 0 Å². The van der Waals surface area contributed by atoms with Crippen molar-refractivity contribution in [3.63, 3.8) is 0 Å². The Hall–Kier alpha value is -4.08. The molecule has 1 unspecified atom stereocenters. The van der Waals surface area contributed by atoms with Gasteiger partial charge >= 0.3 is 12.0 Å². The molecule has 1 N–H and O–H groups in total. The van der Waals surface area contributed by atoms with Gasteiger partial charge in [-0.15, -0.1) is 0 Å². The maximum atomic E-state index is 13.0. The molecule has 10 heteroatoms. The van der Waals surface area contributed by atoms with E-state index in [4.69, 9.17) is 14.2 Å². The monoisotopic (exact) mass is 479 g/mol. The number of benzene rings is 2. The number of carbonyl (C=O) groups is 2. The second-order valence-electron chi connectivity index (χ2n) is 8.11. The first-order valence-electron chi connectivity index (χ1n) is 11.3. The van der Waals surface area contributed by atoms with Crippen molar-refractivity contribution in [2.75, 3.05) is 52.4 Å². The van der Waals surface area contributed by atoms with Gasteiger partial charge in [-0.1, -0.05) is 30.3 Å². The third-order valence-electron chi connectivity index (χ3n) is 6.05. The quantitative estimate of drug-likeness (QED) is 0.515. The van der Waals surface area contributed by atoms with E-state index in [2.05, 4.69) is 20.2 Å². The molecule has 1 fully saturated rings. The van der Waals surface area contributed by atoms with Gasteiger partial charge in [0, 0.05) is 44.1 Å². The van der Waals surface area contributed by atoms with E-state index in [9.17, 15) is 9.59 Å². The zero-order valence-electron chi connectivity index (χ0n) is 20.1. The number of methoxy groups -OCH3 is 3. The molecule has 0 bridgehead atoms. The predicted molar refractivity (Wildman–Crippen MR) is 131 cm³/mol. The molecule has 1 aliphatic rings. The summed E-state index contributed by atoms with van der Waals surface area (Å²) in [5, 5.41) is 3.68. The summed E-state index contributed by atoms with van der Waals surface area (Å²) in [6, 6.07) is 12.2. The number of urea groups is 1. The molecule has 1 aromatic heterocycles. The summed E-state index contributed by atoms with van der Waals surface area (Å²) < 4.78 is 15.7. The van der Waals surface area contributed by atoms with Crippen molar-refractivity contribution in [1.82, 2.24) is 20.2 Å². The SMILES string of the molecule is COC(=O)C(Cc1ccccc1)NC(=O)N1CCN(c2ncnc3cc(OC)c(OC)cc23)CC1. The molecule has 2 amide bonds. The number of aromatic nitrogens is 2. The van der Waals surface area contributed by atoms with E-state index in [0.29, 0.717) is 44.1 Å². The molecule has 2 heterocycles. The van der Waals surface area contributed by atoms with Crippen LogP contribution in [0.2, 0.25) is 0 Å². The van der Waals surface area contributed by atoms with Crippen LogP contribution >= 0.6 is 0 Å². The number of nitrogens with zero attached hydrogens (tertiary/aromatic N) is 4. The Morgan fingerprint density at radius 2 is 1.66 bits per heavy atom. The Labute approximate surface area is 203 Å². The Balaban J connectivity index is 1.44. The Kier molecular flexibility index (Phi) is 7.49. The number of hydrogen-bond acceptors (Lipinski definition) is 8. The van der Waals surface area contributed by atoms with E-state index in [1.54, 1.807) is 19.1 Å². The molecule has 2 aromatic carbocycles. The van der Waals surface area contributed by atoms with Crippen LogP contribution in [0.15, 0.2) is 48.8 Å². The molecule has 0 aliphatic carbocycles. The number of rotatable bonds is 7. The van der Waals surface area contributed by atoms with Crippen LogP contribution in [-0.4, -0.2) is 80.4 Å². The number of amides is 2. The lowest BCUT2D eigenvalue weighted by Crippen LogP contribution is -2.55. The van der Waals surface area contributed by atoms with Crippen LogP contribution in [0.4, 0.5) is 10.6 Å². The van der Waals surface area contributed by atoms with E-state index in [0.717, 1.165) is 22.3 Å². The molecule has 35 heavy (non-hydrogen) atoms. The second kappa shape index (κ2) is 10.9. The van der Waals surface area contributed by atoms with Crippen LogP contribution in [-0.2, 0) is 16.0 Å². The molecule has 1 atom stereocenters. The van der Waals surface area contributed by atoms with Crippen molar-refractivity contribution in [3.8, 4) is 11.5 Å². The summed E-state index contributed by atoms with van der Waals surface area (Å²) in [4.78, 5) is 37.9. The third-order valence-corrected chi connectivity index (χ3v) is 6.05. The normalized spacial score (nSPS) is 14.4. The smallest absolute Gasteiger partial charge is 0.328 e. The van der Waals surface area contributed by atoms with Gasteiger partial charge in [-0.2, -0.15) is 0 Å². The maximum Gasteiger partial charge on any atom is 0.328 e. The molecule has 3 aromatic rings. The highest BCUT2D eigenvalue weighted by molar-refractivity contribution is 5.92. The molecule has 1 saturated heterocycles. The molecule has 4 rings (SSSR count). The van der Waals surface area contributed by atoms with Gasteiger partial charge in [0.05, 0.1) is 26.8 Å². The highest BCUT2D eigenvalue weighted by Gasteiger charge is 2.28. The van der Waals surface area contributed by atoms with Gasteiger partial charge in [0.25, 0.3) is 0 Å². The predicted octanol–water partition coefficient (Wildman–Crippen LogP) is 2.26. The van der Waals surface area contributed by atoms with E-state index in [1.807, 2.05) is 42.5 Å². The topological polar surface area (TPSA) is 106 Å². The molecule has 1 aliphatic heterocycles. The van der Waals surface area contributed by atoms with Crippen LogP contribution in [0.3, 0.4) is 0 Å². The summed E-state index contributed by atoms with van der Waals surface area (Å²) >= 11 is 0. The Morgan fingerprint density at radius 1 is 0.971 bits per heavy atom. The highest BCUT2D eigenvalue weighted by Crippen LogP contribution is 2.34. The fourth-order valence-corrected chi connectivity index (χ4v) is 4.17. The summed E-state index contributed by atoms with van der Waals surface area (Å²) in [6.45, 7) is 2.11. The van der Waals surface area contributed by atoms with Crippen LogP contribution < -0.4 is 19.7 Å². The summed E-state index contributed by atoms with van der Waals surface area (Å²) in [6.07, 6.45) is 1.88. The summed E-state index contributed by atoms with van der Waals surface area (Å²) in [5.41, 5.74) is 1.69. The number of ether oxygens (including phenoxy) is 3. The average molecular weight is 480 g/mol. The Bertz CT molecular complexity index is 1180. The van der Waals surface area contributed by atoms with E-state index in [-0.39, 0.29) is 6.03 Å². The number of nitrogens with one attached hydrogen (secondary N) is 1. The number of esters is 1. The fourth-order valence-electron chi connectivity index (χ4n) is 4.17. The molecule has 0 spiro atoms. The van der Waals surface area contributed by atoms with Crippen molar-refractivity contribution in [3.05, 3.63) is 54.4 Å². The standard InChI is InChI=1S/C25H29N5O5/c1-33-21-14-18-19(15-22(21)34-2)26-16-27-23(18)29-9-11-30(12-10-29)25(32)28-20(24(31)35-3)13-17-7-5-4-6-8-17/h4-8,14-16,20H,9-13H2,1-3H3,(H,28,32). The average Bonchev–Trinajstić information content (AvgIpc) is 2.91. The van der Waals surface area contributed by atoms with Gasteiger partial charge in [-0.3, -0.25) is 0 Å². The fraction of sp³-hybridized carbons (Fsp3) is 0.360. The Morgan fingerprint density at radius 3 is 2.31 bits per heavy atom. The van der Waals surface area contributed by atoms with Gasteiger partial charge in [0.2, 0.25) is 0 Å². The molecule has 0 radical (unpaired) electrons. The van der Waals surface area contributed by atoms with E-state index >= 15 is 0 Å². The van der Waals surface area contributed by atoms with Crippen LogP contribution in [0.1, 0.15) is 5.56 Å². The maximum absolute atomic E-state index is 13.0. The second-order valence-corrected chi connectivity index (χ2v) is 8.11. The van der Waals surface area contributed by atoms with Crippen molar-refractivity contribution in [2.45, 2.75) is 12.5 Å². The first-order chi connectivity index (χ1) is 17.0. The van der Waals surface area contributed by atoms with Crippen molar-refractivity contribution in [1.29, 1.82) is 0 Å². The molecule has 0 saturated carbocycles. The minimum atomic E-state index is -0.763. The first-order valence-corrected chi connectivity index (χ1v) is 11.3. The van der Waals surface area contributed by atoms with Gasteiger partial charge in [0.15, 0.2) is 11.5 Å². The molecular formula is C25H29N5O5. The summed E-state index contributed by atoms with van der Waals surface area (Å²) in [7, 11) is 4.49. The number of piperazine rings is 1. The number of fused-ring (bicyclic) bond motifs is 1. The highest BCUT2D eigenvalue weighted by atomic mass is 16.5. The molecule has 184 valence electrons. The zero-order valence-corrected chi connectivity index (χ0v) is 20.1. The zero-order chi connectivity index (χ0) is 24.8. The first kappa shape index (κ1) is 24.1. The van der Waals surface area contributed by atoms with E-state index in [1.165, 1.54) is 13.4 Å². The molecule has 10 nitrogen and oxygen atoms in total. The third kappa shape index (κ3) is 5.37. The van der Waals surface area contributed by atoms with Gasteiger partial charge < -0.3 is 29.3 Å². The van der Waals surface area contributed by atoms with Crippen molar-refractivity contribution >= 4 is 28.7 Å². The van der Waals surface area contributed by atoms with E-state index < -0.39 is 12.0 Å². The number of anilines is 1. The lowest BCUT2D eigenvalue weighted by atomic mass is 10.1. The molecular weight excluding hydrogens is 450 g/mol. The van der Waals surface area contributed by atoms with Crippen LogP contribution in [0.25, 0.3) is 10.9 Å². The minimum absolute atomic E-state index is 0.296. The van der Waals surface area contributed by atoms with Gasteiger partial charge in [-0.05, 0) is 11.6 Å². The lowest BCUT2D eigenvalue weighted by Gasteiger charge is -2.36. The van der Waals surface area contributed by atoms with Crippen LogP contribution in [0, 0.1) is 0 Å². The van der Waals surface area contributed by atoms with Crippen LogP contribution in [0.5, 0.6) is 11.5 Å². The summed E-state index contributed by atoms with van der Waals surface area (Å²) in [5.74, 6) is 1.49. The van der Waals surface area contributed by atoms with Gasteiger partial charge in [-0.25, -0.2) is 19.6 Å². The number of hydrogen-bond donors (Lipinski definition) is 1. The largest absolute Gasteiger partial charge is 0.493 e. The lowest BCUT2D eigenvalue weighted by molar-refractivity contribution is -0.142. The van der Waals surface area contributed by atoms with Crippen molar-refractivity contribution < 1.29 is 23.8 Å². The number of carbonyl (C=O) groups excluding carboxylic acids is 2. The van der Waals surface area contributed by atoms with Gasteiger partial charge in [0.1, 0.15) is 18.2 Å².